The van der Waals surface area contributed by atoms with Crippen LogP contribution in [0.2, 0.25) is 0 Å². The molecule has 0 aliphatic heterocycles. The molecule has 1 unspecified atom stereocenters. The van der Waals surface area contributed by atoms with Crippen LogP contribution in [0.15, 0.2) is 10.9 Å². The summed E-state index contributed by atoms with van der Waals surface area (Å²) in [5, 5.41) is 19.0. The Morgan fingerprint density at radius 1 is 1.45 bits per heavy atom. The van der Waals surface area contributed by atoms with Crippen molar-refractivity contribution in [1.82, 2.24) is 4.57 Å². The van der Waals surface area contributed by atoms with E-state index in [2.05, 4.69) is 6.92 Å². The van der Waals surface area contributed by atoms with Gasteiger partial charge in [0.2, 0.25) is 5.88 Å². The molecule has 110 valence electrons. The van der Waals surface area contributed by atoms with Crippen molar-refractivity contribution in [2.24, 2.45) is 0 Å². The van der Waals surface area contributed by atoms with Crippen LogP contribution in [0.1, 0.15) is 44.2 Å². The maximum absolute atomic E-state index is 11.9. The van der Waals surface area contributed by atoms with Gasteiger partial charge in [-0.2, -0.15) is 5.26 Å². The quantitative estimate of drug-likeness (QED) is 0.830. The molecule has 0 saturated heterocycles. The minimum atomic E-state index is -0.286. The lowest BCUT2D eigenvalue weighted by Crippen LogP contribution is -2.24. The van der Waals surface area contributed by atoms with Crippen LogP contribution >= 0.6 is 0 Å². The molecule has 0 aliphatic carbocycles. The molecule has 1 aromatic heterocycles. The van der Waals surface area contributed by atoms with Gasteiger partial charge in [-0.1, -0.05) is 13.3 Å². The third-order valence-electron chi connectivity index (χ3n) is 3.28. The maximum atomic E-state index is 11.9. The monoisotopic (exact) mass is 278 g/mol. The molecular weight excluding hydrogens is 256 g/mol. The summed E-state index contributed by atoms with van der Waals surface area (Å²) in [5.74, 6) is -0.246. The van der Waals surface area contributed by atoms with Crippen LogP contribution in [0.5, 0.6) is 5.88 Å². The lowest BCUT2D eigenvalue weighted by atomic mass is 10.1. The number of aromatic nitrogens is 1. The number of ether oxygens (including phenoxy) is 1. The highest BCUT2D eigenvalue weighted by atomic mass is 16.5. The average Bonchev–Trinajstić information content (AvgIpc) is 2.39. The first kappa shape index (κ1) is 16.3. The van der Waals surface area contributed by atoms with Crippen molar-refractivity contribution in [3.8, 4) is 11.9 Å². The predicted octanol–water partition coefficient (Wildman–Crippen LogP) is 2.33. The summed E-state index contributed by atoms with van der Waals surface area (Å²) >= 11 is 0. The Morgan fingerprint density at radius 2 is 2.15 bits per heavy atom. The minimum Gasteiger partial charge on any atom is -0.493 e. The molecule has 0 radical (unpaired) electrons. The Labute approximate surface area is 119 Å². The standard InChI is InChI=1S/C15H22N2O3/c1-4-6-12(20-5-2)7-8-17-14(18)9-11(3)13(10-16)15(17)19/h9,12,19H,4-8H2,1-3H3. The number of hydrogen-bond acceptors (Lipinski definition) is 4. The van der Waals surface area contributed by atoms with Gasteiger partial charge in [0.05, 0.1) is 6.10 Å². The van der Waals surface area contributed by atoms with Crippen molar-refractivity contribution in [2.75, 3.05) is 6.61 Å². The first-order valence-electron chi connectivity index (χ1n) is 7.00. The summed E-state index contributed by atoms with van der Waals surface area (Å²) in [6, 6.07) is 3.31. The number of hydrogen-bond donors (Lipinski definition) is 1. The summed E-state index contributed by atoms with van der Waals surface area (Å²) < 4.78 is 6.85. The maximum Gasteiger partial charge on any atom is 0.253 e. The molecule has 0 spiro atoms. The van der Waals surface area contributed by atoms with Crippen LogP contribution in [-0.4, -0.2) is 22.4 Å². The van der Waals surface area contributed by atoms with Gasteiger partial charge in [-0.15, -0.1) is 0 Å². The van der Waals surface area contributed by atoms with E-state index in [4.69, 9.17) is 10.00 Å². The average molecular weight is 278 g/mol. The van der Waals surface area contributed by atoms with Crippen molar-refractivity contribution in [2.45, 2.75) is 52.7 Å². The number of pyridine rings is 1. The lowest BCUT2D eigenvalue weighted by Gasteiger charge is -2.18. The molecule has 1 aromatic rings. The van der Waals surface area contributed by atoms with Crippen molar-refractivity contribution >= 4 is 0 Å². The normalized spacial score (nSPS) is 12.1. The first-order chi connectivity index (χ1) is 9.54. The highest BCUT2D eigenvalue weighted by Crippen LogP contribution is 2.18. The second-order valence-electron chi connectivity index (χ2n) is 4.78. The van der Waals surface area contributed by atoms with E-state index in [1.165, 1.54) is 10.6 Å². The Balaban J connectivity index is 2.93. The largest absolute Gasteiger partial charge is 0.493 e. The fraction of sp³-hybridized carbons (Fsp3) is 0.600. The molecule has 5 nitrogen and oxygen atoms in total. The van der Waals surface area contributed by atoms with Crippen molar-refractivity contribution in [3.63, 3.8) is 0 Å². The third kappa shape index (κ3) is 3.84. The Hall–Kier alpha value is -1.80. The van der Waals surface area contributed by atoms with Gasteiger partial charge in [0.25, 0.3) is 5.56 Å². The van der Waals surface area contributed by atoms with E-state index in [1.54, 1.807) is 6.92 Å². The van der Waals surface area contributed by atoms with E-state index in [9.17, 15) is 9.90 Å². The summed E-state index contributed by atoms with van der Waals surface area (Å²) in [7, 11) is 0. The van der Waals surface area contributed by atoms with Crippen molar-refractivity contribution in [3.05, 3.63) is 27.5 Å². The van der Waals surface area contributed by atoms with E-state index in [1.807, 2.05) is 13.0 Å². The molecular formula is C15H22N2O3. The van der Waals surface area contributed by atoms with Gasteiger partial charge in [0.1, 0.15) is 11.6 Å². The number of aryl methyl sites for hydroxylation is 1. The van der Waals surface area contributed by atoms with E-state index >= 15 is 0 Å². The summed E-state index contributed by atoms with van der Waals surface area (Å²) in [5.41, 5.74) is 0.375. The van der Waals surface area contributed by atoms with E-state index in [0.717, 1.165) is 12.8 Å². The summed E-state index contributed by atoms with van der Waals surface area (Å²) in [4.78, 5) is 11.9. The van der Waals surface area contributed by atoms with Gasteiger partial charge >= 0.3 is 0 Å². The SMILES string of the molecule is CCCC(CCn1c(O)c(C#N)c(C)cc1=O)OCC. The molecule has 0 aliphatic rings. The van der Waals surface area contributed by atoms with Crippen LogP contribution in [0.25, 0.3) is 0 Å². The second-order valence-corrected chi connectivity index (χ2v) is 4.78. The van der Waals surface area contributed by atoms with Crippen LogP contribution in [0.3, 0.4) is 0 Å². The van der Waals surface area contributed by atoms with Gasteiger partial charge in [0.15, 0.2) is 0 Å². The fourth-order valence-corrected chi connectivity index (χ4v) is 2.25. The Kier molecular flexibility index (Phi) is 6.26. The van der Waals surface area contributed by atoms with E-state index < -0.39 is 0 Å². The summed E-state index contributed by atoms with van der Waals surface area (Å²) in [6.07, 6.45) is 2.63. The Morgan fingerprint density at radius 3 is 2.70 bits per heavy atom. The highest BCUT2D eigenvalue weighted by molar-refractivity contribution is 5.43. The molecule has 0 amide bonds. The highest BCUT2D eigenvalue weighted by Gasteiger charge is 2.14. The fourth-order valence-electron chi connectivity index (χ4n) is 2.25. The van der Waals surface area contributed by atoms with Crippen LogP contribution in [-0.2, 0) is 11.3 Å². The Bertz CT molecular complexity index is 537. The third-order valence-corrected chi connectivity index (χ3v) is 3.28. The van der Waals surface area contributed by atoms with Gasteiger partial charge < -0.3 is 9.84 Å². The molecule has 1 heterocycles. The van der Waals surface area contributed by atoms with Gasteiger partial charge in [-0.05, 0) is 32.3 Å². The molecule has 1 rings (SSSR count). The van der Waals surface area contributed by atoms with Crippen LogP contribution in [0.4, 0.5) is 0 Å². The molecule has 20 heavy (non-hydrogen) atoms. The van der Waals surface area contributed by atoms with Gasteiger partial charge in [-0.3, -0.25) is 9.36 Å². The molecule has 0 aromatic carbocycles. The zero-order valence-corrected chi connectivity index (χ0v) is 12.3. The molecule has 0 saturated carbocycles. The zero-order valence-electron chi connectivity index (χ0n) is 12.3. The second kappa shape index (κ2) is 7.71. The zero-order chi connectivity index (χ0) is 15.1. The molecule has 5 heteroatoms. The molecule has 0 bridgehead atoms. The smallest absolute Gasteiger partial charge is 0.253 e. The summed E-state index contributed by atoms with van der Waals surface area (Å²) in [6.45, 7) is 6.64. The number of rotatable bonds is 7. The van der Waals surface area contributed by atoms with E-state index in [-0.39, 0.29) is 23.1 Å². The van der Waals surface area contributed by atoms with Gasteiger partial charge in [-0.25, -0.2) is 0 Å². The number of nitriles is 1. The molecule has 1 N–H and O–H groups in total. The van der Waals surface area contributed by atoms with E-state index in [0.29, 0.717) is 25.1 Å². The number of aromatic hydroxyl groups is 1. The van der Waals surface area contributed by atoms with Crippen LogP contribution < -0.4 is 5.56 Å². The van der Waals surface area contributed by atoms with Crippen molar-refractivity contribution in [1.29, 1.82) is 5.26 Å². The van der Waals surface area contributed by atoms with Crippen molar-refractivity contribution < 1.29 is 9.84 Å². The topological polar surface area (TPSA) is 75.3 Å². The first-order valence-corrected chi connectivity index (χ1v) is 7.00. The lowest BCUT2D eigenvalue weighted by molar-refractivity contribution is 0.0466. The molecule has 1 atom stereocenters. The minimum absolute atomic E-state index is 0.0724. The number of nitrogens with zero attached hydrogens (tertiary/aromatic N) is 2. The van der Waals surface area contributed by atoms with Gasteiger partial charge in [0, 0.05) is 19.2 Å². The molecule has 0 fully saturated rings. The van der Waals surface area contributed by atoms with Crippen LogP contribution in [0, 0.1) is 18.3 Å². The predicted molar refractivity (Wildman–Crippen MR) is 76.8 cm³/mol.